The molecule has 1 saturated heterocycles. The number of benzene rings is 1. The van der Waals surface area contributed by atoms with E-state index in [2.05, 4.69) is 15.6 Å². The maximum absolute atomic E-state index is 12.7. The molecule has 156 valence electrons. The molecule has 1 fully saturated rings. The molecule has 1 N–H and O–H groups in total. The van der Waals surface area contributed by atoms with Gasteiger partial charge in [0.2, 0.25) is 5.91 Å². The van der Waals surface area contributed by atoms with Crippen molar-refractivity contribution in [3.63, 3.8) is 0 Å². The molecule has 0 saturated carbocycles. The summed E-state index contributed by atoms with van der Waals surface area (Å²) in [4.78, 5) is 26.1. The quantitative estimate of drug-likeness (QED) is 0.761. The van der Waals surface area contributed by atoms with Gasteiger partial charge in [0.25, 0.3) is 5.91 Å². The first-order chi connectivity index (χ1) is 13.8. The summed E-state index contributed by atoms with van der Waals surface area (Å²) < 4.78 is 39.6. The molecule has 0 atom stereocenters. The lowest BCUT2D eigenvalue weighted by Crippen LogP contribution is -2.38. The summed E-state index contributed by atoms with van der Waals surface area (Å²) >= 11 is 1.80. The predicted octanol–water partition coefficient (Wildman–Crippen LogP) is 1.84. The number of rotatable bonds is 6. The first-order valence-corrected chi connectivity index (χ1v) is 10.2. The largest absolute Gasteiger partial charge is 0.416 e. The van der Waals surface area contributed by atoms with E-state index in [-0.39, 0.29) is 30.1 Å². The van der Waals surface area contributed by atoms with Crippen molar-refractivity contribution in [2.24, 2.45) is 0 Å². The Morgan fingerprint density at radius 1 is 1.21 bits per heavy atom. The minimum absolute atomic E-state index is 0.155. The van der Waals surface area contributed by atoms with E-state index in [4.69, 9.17) is 0 Å². The Labute approximate surface area is 169 Å². The van der Waals surface area contributed by atoms with Crippen molar-refractivity contribution in [2.45, 2.75) is 19.1 Å². The molecule has 0 unspecified atom stereocenters. The number of nitrogens with zero attached hydrogens (tertiary/aromatic N) is 4. The Balaban J connectivity index is 1.46. The highest BCUT2D eigenvalue weighted by Crippen LogP contribution is 2.29. The Bertz CT molecular complexity index is 865. The van der Waals surface area contributed by atoms with Crippen LogP contribution < -0.4 is 5.32 Å². The number of thioether (sulfide) groups is 1. The maximum Gasteiger partial charge on any atom is 0.416 e. The monoisotopic (exact) mass is 427 g/mol. The number of hydrogen-bond acceptors (Lipinski definition) is 5. The van der Waals surface area contributed by atoms with Crippen LogP contribution in [0.4, 0.5) is 13.2 Å². The average molecular weight is 427 g/mol. The molecular weight excluding hydrogens is 407 g/mol. The van der Waals surface area contributed by atoms with Crippen LogP contribution in [0.25, 0.3) is 0 Å². The fourth-order valence-electron chi connectivity index (χ4n) is 2.85. The SMILES string of the molecule is O=C(Cc1cccc(C(F)(F)F)c1)NCCn1cc(C(=O)N2CCSCC2)nn1. The van der Waals surface area contributed by atoms with Crippen LogP contribution in [0.1, 0.15) is 21.6 Å². The van der Waals surface area contributed by atoms with Crippen molar-refractivity contribution >= 4 is 23.6 Å². The molecule has 0 radical (unpaired) electrons. The molecule has 1 aromatic carbocycles. The smallest absolute Gasteiger partial charge is 0.354 e. The summed E-state index contributed by atoms with van der Waals surface area (Å²) in [6.45, 7) is 1.88. The summed E-state index contributed by atoms with van der Waals surface area (Å²) in [5.74, 6) is 1.24. The van der Waals surface area contributed by atoms with Gasteiger partial charge in [0.05, 0.1) is 24.7 Å². The molecule has 2 aromatic rings. The summed E-state index contributed by atoms with van der Waals surface area (Å²) in [5.41, 5.74) is -0.243. The lowest BCUT2D eigenvalue weighted by atomic mass is 10.1. The lowest BCUT2D eigenvalue weighted by Gasteiger charge is -2.25. The third-order valence-electron chi connectivity index (χ3n) is 4.34. The average Bonchev–Trinajstić information content (AvgIpc) is 3.16. The van der Waals surface area contributed by atoms with Gasteiger partial charge in [0, 0.05) is 31.1 Å². The van der Waals surface area contributed by atoms with Crippen LogP contribution >= 0.6 is 11.8 Å². The van der Waals surface area contributed by atoms with Gasteiger partial charge in [-0.3, -0.25) is 9.59 Å². The molecule has 0 aliphatic carbocycles. The maximum atomic E-state index is 12.7. The van der Waals surface area contributed by atoms with Gasteiger partial charge in [0.15, 0.2) is 5.69 Å². The summed E-state index contributed by atoms with van der Waals surface area (Å²) in [5, 5.41) is 10.4. The van der Waals surface area contributed by atoms with E-state index < -0.39 is 17.6 Å². The first-order valence-electron chi connectivity index (χ1n) is 9.03. The Kier molecular flexibility index (Phi) is 6.78. The normalized spacial score (nSPS) is 14.7. The minimum atomic E-state index is -4.44. The van der Waals surface area contributed by atoms with Gasteiger partial charge in [0.1, 0.15) is 0 Å². The molecule has 3 rings (SSSR count). The molecular formula is C18H20F3N5O2S. The van der Waals surface area contributed by atoms with E-state index >= 15 is 0 Å². The third-order valence-corrected chi connectivity index (χ3v) is 5.28. The highest BCUT2D eigenvalue weighted by Gasteiger charge is 2.30. The predicted molar refractivity (Wildman–Crippen MR) is 101 cm³/mol. The fourth-order valence-corrected chi connectivity index (χ4v) is 3.75. The third kappa shape index (κ3) is 5.96. The van der Waals surface area contributed by atoms with Crippen LogP contribution in [0.5, 0.6) is 0 Å². The Morgan fingerprint density at radius 2 is 1.97 bits per heavy atom. The van der Waals surface area contributed by atoms with Crippen molar-refractivity contribution in [1.82, 2.24) is 25.2 Å². The molecule has 11 heteroatoms. The van der Waals surface area contributed by atoms with Crippen molar-refractivity contribution in [2.75, 3.05) is 31.1 Å². The van der Waals surface area contributed by atoms with Crippen LogP contribution in [-0.4, -0.2) is 62.8 Å². The van der Waals surface area contributed by atoms with Crippen molar-refractivity contribution in [1.29, 1.82) is 0 Å². The van der Waals surface area contributed by atoms with E-state index in [9.17, 15) is 22.8 Å². The zero-order valence-corrected chi connectivity index (χ0v) is 16.3. The van der Waals surface area contributed by atoms with Crippen LogP contribution in [0.2, 0.25) is 0 Å². The van der Waals surface area contributed by atoms with Gasteiger partial charge >= 0.3 is 6.18 Å². The van der Waals surface area contributed by atoms with E-state index in [0.29, 0.717) is 19.6 Å². The molecule has 29 heavy (non-hydrogen) atoms. The highest BCUT2D eigenvalue weighted by molar-refractivity contribution is 7.99. The van der Waals surface area contributed by atoms with Crippen LogP contribution in [0.3, 0.4) is 0 Å². The Hall–Kier alpha value is -2.56. The van der Waals surface area contributed by atoms with Gasteiger partial charge < -0.3 is 10.2 Å². The number of carbonyl (C=O) groups is 2. The van der Waals surface area contributed by atoms with Gasteiger partial charge in [-0.1, -0.05) is 23.4 Å². The van der Waals surface area contributed by atoms with E-state index in [1.807, 2.05) is 0 Å². The topological polar surface area (TPSA) is 80.1 Å². The summed E-state index contributed by atoms with van der Waals surface area (Å²) in [7, 11) is 0. The summed E-state index contributed by atoms with van der Waals surface area (Å²) in [6, 6.07) is 4.69. The molecule has 7 nitrogen and oxygen atoms in total. The second kappa shape index (κ2) is 9.29. The van der Waals surface area contributed by atoms with Crippen LogP contribution in [-0.2, 0) is 23.9 Å². The minimum Gasteiger partial charge on any atom is -0.354 e. The number of hydrogen-bond donors (Lipinski definition) is 1. The highest BCUT2D eigenvalue weighted by atomic mass is 32.2. The van der Waals surface area contributed by atoms with Gasteiger partial charge in [-0.15, -0.1) is 5.10 Å². The number of aromatic nitrogens is 3. The fraction of sp³-hybridized carbons (Fsp3) is 0.444. The second-order valence-electron chi connectivity index (χ2n) is 6.50. The van der Waals surface area contributed by atoms with E-state index in [1.165, 1.54) is 23.0 Å². The molecule has 1 aliphatic heterocycles. The number of halogens is 3. The molecule has 1 aliphatic rings. The van der Waals surface area contributed by atoms with Gasteiger partial charge in [-0.2, -0.15) is 24.9 Å². The molecule has 0 spiro atoms. The molecule has 2 heterocycles. The van der Waals surface area contributed by atoms with Crippen LogP contribution in [0.15, 0.2) is 30.5 Å². The second-order valence-corrected chi connectivity index (χ2v) is 7.72. The van der Waals surface area contributed by atoms with Gasteiger partial charge in [-0.05, 0) is 11.6 Å². The Morgan fingerprint density at radius 3 is 2.69 bits per heavy atom. The number of nitrogens with one attached hydrogen (secondary N) is 1. The zero-order valence-electron chi connectivity index (χ0n) is 15.5. The number of amides is 2. The summed E-state index contributed by atoms with van der Waals surface area (Å²) in [6.07, 6.45) is -3.07. The number of alkyl halides is 3. The van der Waals surface area contributed by atoms with Crippen molar-refractivity contribution in [3.8, 4) is 0 Å². The number of carbonyl (C=O) groups excluding carboxylic acids is 2. The molecule has 0 bridgehead atoms. The standard InChI is InChI=1S/C18H20F3N5O2S/c19-18(20,21)14-3-1-2-13(10-14)11-16(27)22-4-5-26-12-15(23-24-26)17(28)25-6-8-29-9-7-25/h1-3,10,12H,4-9,11H2,(H,22,27). The molecule has 2 amide bonds. The van der Waals surface area contributed by atoms with E-state index in [1.54, 1.807) is 16.7 Å². The van der Waals surface area contributed by atoms with E-state index in [0.717, 1.165) is 23.6 Å². The van der Waals surface area contributed by atoms with Crippen molar-refractivity contribution in [3.05, 3.63) is 47.3 Å². The van der Waals surface area contributed by atoms with Gasteiger partial charge in [-0.25, -0.2) is 4.68 Å². The first kappa shape index (κ1) is 21.2. The molecule has 1 aromatic heterocycles. The lowest BCUT2D eigenvalue weighted by molar-refractivity contribution is -0.137. The zero-order chi connectivity index (χ0) is 20.9. The van der Waals surface area contributed by atoms with Crippen molar-refractivity contribution < 1.29 is 22.8 Å². The van der Waals surface area contributed by atoms with Crippen LogP contribution in [0, 0.1) is 0 Å².